The van der Waals surface area contributed by atoms with E-state index in [1.165, 1.54) is 5.69 Å². The van der Waals surface area contributed by atoms with Crippen molar-refractivity contribution in [2.45, 2.75) is 26.4 Å². The number of H-pyrrole nitrogens is 1. The van der Waals surface area contributed by atoms with Crippen molar-refractivity contribution in [1.82, 2.24) is 20.3 Å². The molecule has 0 aliphatic heterocycles. The van der Waals surface area contributed by atoms with Gasteiger partial charge >= 0.3 is 0 Å². The Hall–Kier alpha value is -1.20. The van der Waals surface area contributed by atoms with Gasteiger partial charge in [-0.15, -0.1) is 11.3 Å². The van der Waals surface area contributed by atoms with E-state index in [4.69, 9.17) is 0 Å². The van der Waals surface area contributed by atoms with Crippen LogP contribution in [0.25, 0.3) is 0 Å². The van der Waals surface area contributed by atoms with Crippen molar-refractivity contribution >= 4 is 11.3 Å². The zero-order valence-electron chi connectivity index (χ0n) is 8.66. The van der Waals surface area contributed by atoms with E-state index >= 15 is 0 Å². The van der Waals surface area contributed by atoms with E-state index in [-0.39, 0.29) is 0 Å². The van der Waals surface area contributed by atoms with Crippen LogP contribution in [0.5, 0.6) is 0 Å². The molecular formula is C10H14N4S. The monoisotopic (exact) mass is 222 g/mol. The molecule has 2 N–H and O–H groups in total. The van der Waals surface area contributed by atoms with Gasteiger partial charge in [0.25, 0.3) is 0 Å². The first kappa shape index (κ1) is 10.3. The summed E-state index contributed by atoms with van der Waals surface area (Å²) in [5.74, 6) is 0. The maximum absolute atomic E-state index is 4.48. The minimum absolute atomic E-state index is 0.807. The van der Waals surface area contributed by atoms with Crippen molar-refractivity contribution in [3.63, 3.8) is 0 Å². The number of aromatic nitrogens is 3. The molecule has 0 aliphatic rings. The standard InChI is InChI=1S/C10H14N4S/c1-2-8-6-15-10(14-8)5-11-3-9-4-12-7-13-9/h4,6-7,11H,2-3,5H2,1H3,(H,12,13). The second kappa shape index (κ2) is 5.04. The predicted octanol–water partition coefficient (Wildman–Crippen LogP) is 1.72. The fraction of sp³-hybridized carbons (Fsp3) is 0.400. The quantitative estimate of drug-likeness (QED) is 0.810. The minimum Gasteiger partial charge on any atom is -0.347 e. The average molecular weight is 222 g/mol. The molecule has 5 heteroatoms. The van der Waals surface area contributed by atoms with Gasteiger partial charge in [0.2, 0.25) is 0 Å². The summed E-state index contributed by atoms with van der Waals surface area (Å²) in [6.45, 7) is 3.75. The number of hydrogen-bond acceptors (Lipinski definition) is 4. The number of thiazole rings is 1. The van der Waals surface area contributed by atoms with E-state index < -0.39 is 0 Å². The summed E-state index contributed by atoms with van der Waals surface area (Å²) < 4.78 is 0. The first-order chi connectivity index (χ1) is 7.38. The van der Waals surface area contributed by atoms with E-state index in [2.05, 4.69) is 32.6 Å². The van der Waals surface area contributed by atoms with Gasteiger partial charge in [0.1, 0.15) is 5.01 Å². The molecule has 15 heavy (non-hydrogen) atoms. The molecule has 0 bridgehead atoms. The lowest BCUT2D eigenvalue weighted by molar-refractivity contribution is 0.677. The fourth-order valence-electron chi connectivity index (χ4n) is 1.28. The van der Waals surface area contributed by atoms with E-state index in [0.29, 0.717) is 0 Å². The van der Waals surface area contributed by atoms with Crippen molar-refractivity contribution in [1.29, 1.82) is 0 Å². The molecular weight excluding hydrogens is 208 g/mol. The van der Waals surface area contributed by atoms with E-state index in [0.717, 1.165) is 30.2 Å². The number of nitrogens with one attached hydrogen (secondary N) is 2. The van der Waals surface area contributed by atoms with Crippen molar-refractivity contribution in [3.05, 3.63) is 34.3 Å². The molecule has 2 aromatic heterocycles. The Morgan fingerprint density at radius 2 is 2.40 bits per heavy atom. The predicted molar refractivity (Wildman–Crippen MR) is 60.6 cm³/mol. The maximum Gasteiger partial charge on any atom is 0.107 e. The van der Waals surface area contributed by atoms with Crippen molar-refractivity contribution in [2.75, 3.05) is 0 Å². The number of nitrogens with zero attached hydrogens (tertiary/aromatic N) is 2. The summed E-state index contributed by atoms with van der Waals surface area (Å²) >= 11 is 1.71. The molecule has 0 atom stereocenters. The smallest absolute Gasteiger partial charge is 0.107 e. The minimum atomic E-state index is 0.807. The molecule has 2 rings (SSSR count). The van der Waals surface area contributed by atoms with Gasteiger partial charge in [0.15, 0.2) is 0 Å². The van der Waals surface area contributed by atoms with E-state index in [1.807, 2.05) is 6.20 Å². The molecule has 0 aliphatic carbocycles. The van der Waals surface area contributed by atoms with Crippen LogP contribution in [0.1, 0.15) is 23.3 Å². The molecule has 4 nitrogen and oxygen atoms in total. The van der Waals surface area contributed by atoms with Gasteiger partial charge in [-0.05, 0) is 6.42 Å². The summed E-state index contributed by atoms with van der Waals surface area (Å²) in [5, 5.41) is 6.58. The number of rotatable bonds is 5. The second-order valence-electron chi connectivity index (χ2n) is 3.27. The Balaban J connectivity index is 1.78. The summed E-state index contributed by atoms with van der Waals surface area (Å²) in [7, 11) is 0. The highest BCUT2D eigenvalue weighted by Gasteiger charge is 2.00. The molecule has 0 unspecified atom stereocenters. The van der Waals surface area contributed by atoms with Gasteiger partial charge in [0.05, 0.1) is 12.0 Å². The molecule has 0 spiro atoms. The molecule has 0 saturated heterocycles. The molecule has 2 heterocycles. The van der Waals surface area contributed by atoms with E-state index in [1.54, 1.807) is 17.7 Å². The summed E-state index contributed by atoms with van der Waals surface area (Å²) in [4.78, 5) is 11.5. The third-order valence-corrected chi connectivity index (χ3v) is 3.01. The Morgan fingerprint density at radius 3 is 3.07 bits per heavy atom. The van der Waals surface area contributed by atoms with Gasteiger partial charge in [-0.3, -0.25) is 0 Å². The molecule has 80 valence electrons. The zero-order valence-corrected chi connectivity index (χ0v) is 9.47. The van der Waals surface area contributed by atoms with Gasteiger partial charge in [0, 0.05) is 30.4 Å². The highest BCUT2D eigenvalue weighted by Crippen LogP contribution is 2.09. The Bertz CT molecular complexity index is 393. The number of imidazole rings is 1. The van der Waals surface area contributed by atoms with Crippen LogP contribution in [0.3, 0.4) is 0 Å². The van der Waals surface area contributed by atoms with E-state index in [9.17, 15) is 0 Å². The lowest BCUT2D eigenvalue weighted by Crippen LogP contribution is -2.12. The number of aryl methyl sites for hydroxylation is 1. The van der Waals surface area contributed by atoms with Gasteiger partial charge in [-0.1, -0.05) is 6.92 Å². The van der Waals surface area contributed by atoms with Crippen molar-refractivity contribution in [3.8, 4) is 0 Å². The Kier molecular flexibility index (Phi) is 3.47. The topological polar surface area (TPSA) is 53.6 Å². The first-order valence-electron chi connectivity index (χ1n) is 4.99. The Labute approximate surface area is 92.8 Å². The van der Waals surface area contributed by atoms with Crippen LogP contribution in [-0.4, -0.2) is 15.0 Å². The number of hydrogen-bond donors (Lipinski definition) is 2. The lowest BCUT2D eigenvalue weighted by atomic mass is 10.4. The molecule has 0 saturated carbocycles. The third kappa shape index (κ3) is 2.87. The largest absolute Gasteiger partial charge is 0.347 e. The SMILES string of the molecule is CCc1csc(CNCc2cnc[nH]2)n1. The van der Waals surface area contributed by atoms with Gasteiger partial charge < -0.3 is 10.3 Å². The summed E-state index contributed by atoms with van der Waals surface area (Å²) in [6.07, 6.45) is 4.53. The maximum atomic E-state index is 4.48. The lowest BCUT2D eigenvalue weighted by Gasteiger charge is -1.98. The summed E-state index contributed by atoms with van der Waals surface area (Å²) in [6, 6.07) is 0. The van der Waals surface area contributed by atoms with Crippen LogP contribution in [0.2, 0.25) is 0 Å². The zero-order chi connectivity index (χ0) is 10.5. The van der Waals surface area contributed by atoms with Crippen LogP contribution < -0.4 is 5.32 Å². The van der Waals surface area contributed by atoms with Crippen LogP contribution in [0.15, 0.2) is 17.9 Å². The Morgan fingerprint density at radius 1 is 1.47 bits per heavy atom. The highest BCUT2D eigenvalue weighted by molar-refractivity contribution is 7.09. The molecule has 0 aromatic carbocycles. The average Bonchev–Trinajstić information content (AvgIpc) is 2.88. The molecule has 0 fully saturated rings. The fourth-order valence-corrected chi connectivity index (χ4v) is 2.12. The first-order valence-corrected chi connectivity index (χ1v) is 5.87. The van der Waals surface area contributed by atoms with Crippen molar-refractivity contribution in [2.24, 2.45) is 0 Å². The van der Waals surface area contributed by atoms with Crippen LogP contribution in [0, 0.1) is 0 Å². The molecule has 2 aromatic rings. The van der Waals surface area contributed by atoms with Gasteiger partial charge in [-0.25, -0.2) is 9.97 Å². The van der Waals surface area contributed by atoms with Crippen LogP contribution in [0.4, 0.5) is 0 Å². The molecule has 0 amide bonds. The van der Waals surface area contributed by atoms with Crippen molar-refractivity contribution < 1.29 is 0 Å². The van der Waals surface area contributed by atoms with Crippen LogP contribution in [-0.2, 0) is 19.5 Å². The second-order valence-corrected chi connectivity index (χ2v) is 4.21. The van der Waals surface area contributed by atoms with Gasteiger partial charge in [-0.2, -0.15) is 0 Å². The van der Waals surface area contributed by atoms with Crippen LogP contribution >= 0.6 is 11.3 Å². The summed E-state index contributed by atoms with van der Waals surface area (Å²) in [5.41, 5.74) is 2.28. The molecule has 0 radical (unpaired) electrons. The number of aromatic amines is 1. The highest BCUT2D eigenvalue weighted by atomic mass is 32.1. The normalized spacial score (nSPS) is 10.7. The third-order valence-electron chi connectivity index (χ3n) is 2.11.